The molecule has 1 heterocycles. The van der Waals surface area contributed by atoms with Gasteiger partial charge in [-0.2, -0.15) is 0 Å². The molecule has 0 radical (unpaired) electrons. The van der Waals surface area contributed by atoms with Gasteiger partial charge in [-0.05, 0) is 88.1 Å². The maximum Gasteiger partial charge on any atom is 0.408 e. The molecule has 0 fully saturated rings. The van der Waals surface area contributed by atoms with Crippen molar-refractivity contribution in [1.82, 2.24) is 15.6 Å². The number of hydrazine groups is 1. The van der Waals surface area contributed by atoms with Crippen LogP contribution < -0.4 is 20.3 Å². The van der Waals surface area contributed by atoms with E-state index in [1.165, 1.54) is 6.34 Å². The van der Waals surface area contributed by atoms with Crippen LogP contribution in [0.5, 0.6) is 5.75 Å². The molecule has 1 aliphatic rings. The topological polar surface area (TPSA) is 155 Å². The Labute approximate surface area is 235 Å². The molecular weight excluding hydrogens is 536 g/mol. The van der Waals surface area contributed by atoms with Crippen LogP contribution in [0.15, 0.2) is 40.2 Å². The van der Waals surface area contributed by atoms with Crippen LogP contribution in [0, 0.1) is 20.8 Å². The van der Waals surface area contributed by atoms with Gasteiger partial charge in [0.15, 0.2) is 0 Å². The fraction of sp³-hybridized carbons (Fsp3) is 0.464. The van der Waals surface area contributed by atoms with Crippen molar-refractivity contribution >= 4 is 28.4 Å². The van der Waals surface area contributed by atoms with E-state index in [4.69, 9.17) is 9.47 Å². The van der Waals surface area contributed by atoms with Crippen LogP contribution in [-0.4, -0.2) is 50.1 Å². The van der Waals surface area contributed by atoms with Crippen molar-refractivity contribution in [3.8, 4) is 5.75 Å². The van der Waals surface area contributed by atoms with E-state index in [0.717, 1.165) is 35.3 Å². The van der Waals surface area contributed by atoms with Crippen LogP contribution in [0.3, 0.4) is 0 Å². The Morgan fingerprint density at radius 3 is 2.52 bits per heavy atom. The summed E-state index contributed by atoms with van der Waals surface area (Å²) in [6, 6.07) is 7.90. The highest BCUT2D eigenvalue weighted by Crippen LogP contribution is 2.42. The van der Waals surface area contributed by atoms with Gasteiger partial charge in [0.05, 0.1) is 11.2 Å². The molecule has 2 aromatic carbocycles. The number of ether oxygens (including phenoxy) is 2. The van der Waals surface area contributed by atoms with Gasteiger partial charge >= 0.3 is 12.1 Å². The van der Waals surface area contributed by atoms with Crippen molar-refractivity contribution in [2.24, 2.45) is 4.99 Å². The monoisotopic (exact) mass is 574 g/mol. The second kappa shape index (κ2) is 13.1. The van der Waals surface area contributed by atoms with Gasteiger partial charge in [-0.25, -0.2) is 18.0 Å². The van der Waals surface area contributed by atoms with Gasteiger partial charge in [-0.1, -0.05) is 30.3 Å². The normalized spacial score (nSPS) is 15.1. The first-order valence-corrected chi connectivity index (χ1v) is 14.6. The summed E-state index contributed by atoms with van der Waals surface area (Å²) < 4.78 is 37.5. The molecule has 11 nitrogen and oxygen atoms in total. The number of nitrogens with zero attached hydrogens (tertiary/aromatic N) is 1. The largest absolute Gasteiger partial charge is 0.487 e. The quantitative estimate of drug-likeness (QED) is 0.129. The van der Waals surface area contributed by atoms with Crippen molar-refractivity contribution in [1.29, 1.82) is 0 Å². The zero-order valence-corrected chi connectivity index (χ0v) is 24.4. The number of aliphatic imine (C=N–C) groups is 1. The number of nitrogens with one attached hydrogen (secondary N) is 3. The van der Waals surface area contributed by atoms with E-state index in [1.54, 1.807) is 26.0 Å². The summed E-state index contributed by atoms with van der Waals surface area (Å²) in [4.78, 5) is 30.1. The molecule has 0 aromatic heterocycles. The molecular formula is C28H38N4O7S. The summed E-state index contributed by atoms with van der Waals surface area (Å²) in [5.74, 6) is -0.426. The van der Waals surface area contributed by atoms with Crippen LogP contribution in [0.25, 0.3) is 0 Å². The lowest BCUT2D eigenvalue weighted by Gasteiger charge is -2.35. The number of aliphatic carboxylic acids is 1. The predicted octanol–water partition coefficient (Wildman–Crippen LogP) is 3.69. The first kappa shape index (κ1) is 30.9. The zero-order chi connectivity index (χ0) is 29.5. The lowest BCUT2D eigenvalue weighted by atomic mass is 9.88. The Bertz CT molecular complexity index is 1360. The summed E-state index contributed by atoms with van der Waals surface area (Å²) >= 11 is 0. The van der Waals surface area contributed by atoms with Gasteiger partial charge in [0.2, 0.25) is 0 Å². The second-order valence-corrected chi connectivity index (χ2v) is 12.0. The molecule has 0 saturated heterocycles. The Kier molecular flexibility index (Phi) is 10.2. The average Bonchev–Trinajstić information content (AvgIpc) is 2.89. The lowest BCUT2D eigenvalue weighted by molar-refractivity contribution is -0.139. The van der Waals surface area contributed by atoms with Gasteiger partial charge in [-0.3, -0.25) is 10.4 Å². The highest BCUT2D eigenvalue weighted by atomic mass is 32.2. The van der Waals surface area contributed by atoms with Crippen LogP contribution >= 0.6 is 0 Å². The summed E-state index contributed by atoms with van der Waals surface area (Å²) in [5.41, 5.74) is 5.96. The van der Waals surface area contributed by atoms with Gasteiger partial charge in [0.25, 0.3) is 10.0 Å². The number of carboxylic acid groups (broad SMARTS) is 1. The molecule has 218 valence electrons. The zero-order valence-electron chi connectivity index (χ0n) is 23.5. The molecule has 40 heavy (non-hydrogen) atoms. The molecule has 1 unspecified atom stereocenters. The highest BCUT2D eigenvalue weighted by Gasteiger charge is 2.33. The van der Waals surface area contributed by atoms with Gasteiger partial charge in [-0.15, -0.1) is 4.83 Å². The van der Waals surface area contributed by atoms with E-state index >= 15 is 0 Å². The number of sulfonamides is 1. The summed E-state index contributed by atoms with van der Waals surface area (Å²) in [6.07, 6.45) is 2.34. The third-order valence-corrected chi connectivity index (χ3v) is 8.40. The van der Waals surface area contributed by atoms with Crippen LogP contribution in [0.2, 0.25) is 0 Å². The number of rotatable bonds is 12. The van der Waals surface area contributed by atoms with Crippen LogP contribution in [-0.2, 0) is 32.6 Å². The van der Waals surface area contributed by atoms with Crippen molar-refractivity contribution in [2.45, 2.75) is 83.4 Å². The number of carbonyl (C=O) groups is 2. The number of hydrogen-bond donors (Lipinski definition) is 4. The molecule has 12 heteroatoms. The summed E-state index contributed by atoms with van der Waals surface area (Å²) in [6.45, 7) is 9.71. The lowest BCUT2D eigenvalue weighted by Crippen LogP contribution is -2.41. The fourth-order valence-corrected chi connectivity index (χ4v) is 5.96. The Hall–Kier alpha value is -3.64. The minimum Gasteiger partial charge on any atom is -0.487 e. The van der Waals surface area contributed by atoms with Gasteiger partial charge in [0, 0.05) is 6.54 Å². The van der Waals surface area contributed by atoms with E-state index in [0.29, 0.717) is 17.5 Å². The molecule has 3 rings (SSSR count). The summed E-state index contributed by atoms with van der Waals surface area (Å²) in [5, 5.41) is 11.7. The van der Waals surface area contributed by atoms with Crippen LogP contribution in [0.1, 0.15) is 60.9 Å². The number of carboxylic acids is 1. The molecule has 0 spiro atoms. The van der Waals surface area contributed by atoms with Crippen molar-refractivity contribution < 1.29 is 32.6 Å². The number of amides is 1. The third kappa shape index (κ3) is 7.95. The standard InChI is InChI=1S/C28H38N4O7S/c1-18-19(2)25(20(3)22-13-14-28(4,5)39-24(18)22)40(36,37)32-30-17-29-15-9-12-23(26(33)34)31-27(35)38-16-21-10-7-6-8-11-21/h6-8,10-11,17,23,32H,9,12-16H2,1-5H3,(H,29,30)(H,31,35)(H,33,34). The molecule has 1 amide bonds. The predicted molar refractivity (Wildman–Crippen MR) is 151 cm³/mol. The van der Waals surface area contributed by atoms with E-state index in [1.807, 2.05) is 39.0 Å². The van der Waals surface area contributed by atoms with E-state index in [-0.39, 0.29) is 30.1 Å². The number of alkyl carbamates (subject to hydrolysis) is 1. The summed E-state index contributed by atoms with van der Waals surface area (Å²) in [7, 11) is -3.91. The maximum absolute atomic E-state index is 13.1. The third-order valence-electron chi connectivity index (χ3n) is 6.87. The first-order valence-electron chi connectivity index (χ1n) is 13.1. The Morgan fingerprint density at radius 2 is 1.85 bits per heavy atom. The smallest absolute Gasteiger partial charge is 0.408 e. The maximum atomic E-state index is 13.1. The molecule has 4 N–H and O–H groups in total. The minimum absolute atomic E-state index is 0.0287. The van der Waals surface area contributed by atoms with Crippen LogP contribution in [0.4, 0.5) is 4.79 Å². The molecule has 0 bridgehead atoms. The van der Waals surface area contributed by atoms with E-state index in [2.05, 4.69) is 20.6 Å². The molecule has 1 aliphatic heterocycles. The molecule has 1 atom stereocenters. The molecule has 2 aromatic rings. The minimum atomic E-state index is -3.91. The van der Waals surface area contributed by atoms with Crippen molar-refractivity contribution in [2.75, 3.05) is 6.54 Å². The number of hydrogen-bond acceptors (Lipinski definition) is 7. The highest BCUT2D eigenvalue weighted by molar-refractivity contribution is 7.89. The average molecular weight is 575 g/mol. The Morgan fingerprint density at radius 1 is 1.15 bits per heavy atom. The van der Waals surface area contributed by atoms with Gasteiger partial charge < -0.3 is 19.9 Å². The van der Waals surface area contributed by atoms with Crippen molar-refractivity contribution in [3.63, 3.8) is 0 Å². The van der Waals surface area contributed by atoms with Crippen molar-refractivity contribution in [3.05, 3.63) is 58.1 Å². The molecule has 0 aliphatic carbocycles. The number of carbonyl (C=O) groups excluding carboxylic acids is 1. The van der Waals surface area contributed by atoms with E-state index in [9.17, 15) is 23.1 Å². The number of benzene rings is 2. The Balaban J connectivity index is 1.49. The SMILES string of the molecule is Cc1c(C)c(S(=O)(=O)NNC=NCCCC(NC(=O)OCc2ccccc2)C(=O)O)c(C)c2c1OC(C)(C)CC2. The second-order valence-electron chi connectivity index (χ2n) is 10.4. The van der Waals surface area contributed by atoms with Gasteiger partial charge in [0.1, 0.15) is 24.0 Å². The van der Waals surface area contributed by atoms with E-state index < -0.39 is 28.1 Å². The first-order chi connectivity index (χ1) is 18.8. The fourth-order valence-electron chi connectivity index (χ4n) is 4.57. The molecule has 0 saturated carbocycles. The number of fused-ring (bicyclic) bond motifs is 1.